The third kappa shape index (κ3) is 5.69. The summed E-state index contributed by atoms with van der Waals surface area (Å²) in [4.78, 5) is 12.3. The number of nitrogens with zero attached hydrogens (tertiary/aromatic N) is 4. The molecule has 0 aliphatic heterocycles. The standard InChI is InChI=1S/C23H24ClN5O2S/c24-18-10-8-17(9-11-18)22-27-28-23(29(22)19-4-2-1-3-5-19)32-15-21(31)26-25-14-16-6-12-20(30)13-7-16/h6-14,19,30H,1-5,15H2,(H,26,31)/b25-14-. The van der Waals surface area contributed by atoms with Gasteiger partial charge in [0, 0.05) is 16.6 Å². The lowest BCUT2D eigenvalue weighted by Crippen LogP contribution is -2.20. The molecule has 2 aromatic carbocycles. The molecule has 7 nitrogen and oxygen atoms in total. The zero-order chi connectivity index (χ0) is 22.3. The van der Waals surface area contributed by atoms with Crippen LogP contribution in [0, 0.1) is 0 Å². The van der Waals surface area contributed by atoms with Crippen LogP contribution in [0.15, 0.2) is 58.8 Å². The summed E-state index contributed by atoms with van der Waals surface area (Å²) < 4.78 is 2.18. The number of aromatic nitrogens is 3. The molecule has 166 valence electrons. The van der Waals surface area contributed by atoms with Gasteiger partial charge in [0.15, 0.2) is 11.0 Å². The maximum Gasteiger partial charge on any atom is 0.250 e. The number of halogens is 1. The van der Waals surface area contributed by atoms with Gasteiger partial charge in [-0.2, -0.15) is 5.10 Å². The second kappa shape index (κ2) is 10.7. The summed E-state index contributed by atoms with van der Waals surface area (Å²) in [6.07, 6.45) is 7.30. The summed E-state index contributed by atoms with van der Waals surface area (Å²) in [5, 5.41) is 23.6. The van der Waals surface area contributed by atoms with Crippen LogP contribution < -0.4 is 5.43 Å². The van der Waals surface area contributed by atoms with E-state index in [9.17, 15) is 9.90 Å². The van der Waals surface area contributed by atoms with Crippen LogP contribution in [0.5, 0.6) is 5.75 Å². The van der Waals surface area contributed by atoms with Crippen molar-refractivity contribution in [2.45, 2.75) is 43.3 Å². The highest BCUT2D eigenvalue weighted by atomic mass is 35.5. The zero-order valence-electron chi connectivity index (χ0n) is 17.4. The molecule has 0 saturated heterocycles. The van der Waals surface area contributed by atoms with E-state index in [0.29, 0.717) is 11.1 Å². The number of hydrazone groups is 1. The van der Waals surface area contributed by atoms with Gasteiger partial charge in [0.05, 0.1) is 12.0 Å². The second-order valence-electron chi connectivity index (χ2n) is 7.65. The van der Waals surface area contributed by atoms with Crippen LogP contribution in [-0.2, 0) is 4.79 Å². The predicted octanol–water partition coefficient (Wildman–Crippen LogP) is 5.05. The van der Waals surface area contributed by atoms with Crippen LogP contribution in [0.1, 0.15) is 43.7 Å². The van der Waals surface area contributed by atoms with E-state index in [4.69, 9.17) is 11.6 Å². The predicted molar refractivity (Wildman–Crippen MR) is 127 cm³/mol. The smallest absolute Gasteiger partial charge is 0.250 e. The van der Waals surface area contributed by atoms with E-state index < -0.39 is 0 Å². The number of nitrogens with one attached hydrogen (secondary N) is 1. The first-order valence-electron chi connectivity index (χ1n) is 10.5. The largest absolute Gasteiger partial charge is 0.508 e. The lowest BCUT2D eigenvalue weighted by molar-refractivity contribution is -0.118. The number of phenolic OH excluding ortho intramolecular Hbond substituents is 1. The SMILES string of the molecule is O=C(CSc1nnc(-c2ccc(Cl)cc2)n1C1CCCCC1)N/N=C\c1ccc(O)cc1. The number of carbonyl (C=O) groups is 1. The molecular weight excluding hydrogens is 446 g/mol. The monoisotopic (exact) mass is 469 g/mol. The Bertz CT molecular complexity index is 1080. The van der Waals surface area contributed by atoms with Crippen LogP contribution >= 0.6 is 23.4 Å². The minimum absolute atomic E-state index is 0.179. The first-order valence-corrected chi connectivity index (χ1v) is 11.9. The van der Waals surface area contributed by atoms with E-state index in [2.05, 4.69) is 25.3 Å². The van der Waals surface area contributed by atoms with E-state index in [-0.39, 0.29) is 17.4 Å². The maximum absolute atomic E-state index is 12.3. The summed E-state index contributed by atoms with van der Waals surface area (Å²) in [5.74, 6) is 0.944. The van der Waals surface area contributed by atoms with Crippen LogP contribution in [0.3, 0.4) is 0 Å². The molecule has 4 rings (SSSR count). The van der Waals surface area contributed by atoms with E-state index in [1.807, 2.05) is 24.3 Å². The summed E-state index contributed by atoms with van der Waals surface area (Å²) in [7, 11) is 0. The topological polar surface area (TPSA) is 92.4 Å². The van der Waals surface area contributed by atoms with Gasteiger partial charge in [0.1, 0.15) is 5.75 Å². The first kappa shape index (κ1) is 22.4. The molecule has 1 fully saturated rings. The lowest BCUT2D eigenvalue weighted by atomic mass is 9.95. The average molecular weight is 470 g/mol. The molecule has 0 unspecified atom stereocenters. The van der Waals surface area contributed by atoms with Gasteiger partial charge in [-0.05, 0) is 66.9 Å². The summed E-state index contributed by atoms with van der Waals surface area (Å²) in [5.41, 5.74) is 4.27. The van der Waals surface area contributed by atoms with Gasteiger partial charge < -0.3 is 5.11 Å². The van der Waals surface area contributed by atoms with Crippen molar-refractivity contribution in [3.63, 3.8) is 0 Å². The molecule has 1 heterocycles. The summed E-state index contributed by atoms with van der Waals surface area (Å²) in [6, 6.07) is 14.5. The molecule has 9 heteroatoms. The van der Waals surface area contributed by atoms with E-state index in [1.54, 1.807) is 24.3 Å². The van der Waals surface area contributed by atoms with Crippen molar-refractivity contribution in [2.75, 3.05) is 5.75 Å². The Hall–Kier alpha value is -2.84. The first-order chi connectivity index (χ1) is 15.6. The quantitative estimate of drug-likeness (QED) is 0.287. The number of hydrogen-bond acceptors (Lipinski definition) is 6. The Morgan fingerprint density at radius 3 is 2.56 bits per heavy atom. The minimum Gasteiger partial charge on any atom is -0.508 e. The maximum atomic E-state index is 12.3. The molecule has 0 radical (unpaired) electrons. The Kier molecular flexibility index (Phi) is 7.44. The number of thioether (sulfide) groups is 1. The van der Waals surface area contributed by atoms with Crippen molar-refractivity contribution in [3.8, 4) is 17.1 Å². The minimum atomic E-state index is -0.226. The van der Waals surface area contributed by atoms with Crippen LogP contribution in [-0.4, -0.2) is 37.7 Å². The van der Waals surface area contributed by atoms with E-state index in [1.165, 1.54) is 37.2 Å². The molecule has 1 aliphatic carbocycles. The third-order valence-electron chi connectivity index (χ3n) is 5.34. The Morgan fingerprint density at radius 1 is 1.12 bits per heavy atom. The third-order valence-corrected chi connectivity index (χ3v) is 6.53. The molecule has 0 atom stereocenters. The number of carbonyl (C=O) groups excluding carboxylic acids is 1. The van der Waals surface area contributed by atoms with E-state index >= 15 is 0 Å². The van der Waals surface area contributed by atoms with Crippen LogP contribution in [0.2, 0.25) is 5.02 Å². The van der Waals surface area contributed by atoms with Crippen LogP contribution in [0.4, 0.5) is 0 Å². The van der Waals surface area contributed by atoms with Crippen molar-refractivity contribution < 1.29 is 9.90 Å². The molecule has 3 aromatic rings. The fourth-order valence-corrected chi connectivity index (χ4v) is 4.67. The lowest BCUT2D eigenvalue weighted by Gasteiger charge is -2.25. The number of hydrogen-bond donors (Lipinski definition) is 2. The van der Waals surface area contributed by atoms with Crippen molar-refractivity contribution in [1.82, 2.24) is 20.2 Å². The molecule has 1 saturated carbocycles. The molecule has 2 N–H and O–H groups in total. The van der Waals surface area contributed by atoms with Gasteiger partial charge in [0.2, 0.25) is 0 Å². The average Bonchev–Trinajstić information content (AvgIpc) is 3.24. The normalized spacial score (nSPS) is 14.7. The molecule has 32 heavy (non-hydrogen) atoms. The highest BCUT2D eigenvalue weighted by Gasteiger charge is 2.24. The number of amides is 1. The zero-order valence-corrected chi connectivity index (χ0v) is 19.0. The van der Waals surface area contributed by atoms with Gasteiger partial charge in [-0.25, -0.2) is 5.43 Å². The van der Waals surface area contributed by atoms with Gasteiger partial charge in [-0.15, -0.1) is 10.2 Å². The van der Waals surface area contributed by atoms with Crippen molar-refractivity contribution in [2.24, 2.45) is 5.10 Å². The second-order valence-corrected chi connectivity index (χ2v) is 9.03. The van der Waals surface area contributed by atoms with Crippen molar-refractivity contribution >= 4 is 35.5 Å². The molecule has 0 bridgehead atoms. The Balaban J connectivity index is 1.44. The molecule has 1 amide bonds. The number of benzene rings is 2. The Morgan fingerprint density at radius 2 is 1.84 bits per heavy atom. The highest BCUT2D eigenvalue weighted by Crippen LogP contribution is 2.35. The fraction of sp³-hybridized carbons (Fsp3) is 0.304. The summed E-state index contributed by atoms with van der Waals surface area (Å²) in [6.45, 7) is 0. The van der Waals surface area contributed by atoms with Gasteiger partial charge in [-0.3, -0.25) is 9.36 Å². The number of phenols is 1. The van der Waals surface area contributed by atoms with E-state index in [0.717, 1.165) is 34.9 Å². The van der Waals surface area contributed by atoms with Crippen LogP contribution in [0.25, 0.3) is 11.4 Å². The summed E-state index contributed by atoms with van der Waals surface area (Å²) >= 11 is 7.41. The number of rotatable bonds is 7. The van der Waals surface area contributed by atoms with Crippen molar-refractivity contribution in [3.05, 3.63) is 59.1 Å². The molecule has 1 aromatic heterocycles. The van der Waals surface area contributed by atoms with Gasteiger partial charge >= 0.3 is 0 Å². The molecule has 1 aliphatic rings. The fourth-order valence-electron chi connectivity index (χ4n) is 3.74. The van der Waals surface area contributed by atoms with Crippen molar-refractivity contribution in [1.29, 1.82) is 0 Å². The van der Waals surface area contributed by atoms with Gasteiger partial charge in [-0.1, -0.05) is 42.6 Å². The number of aromatic hydroxyl groups is 1. The highest BCUT2D eigenvalue weighted by molar-refractivity contribution is 7.99. The molecule has 0 spiro atoms. The van der Waals surface area contributed by atoms with Gasteiger partial charge in [0.25, 0.3) is 5.91 Å². The molecular formula is C23H24ClN5O2S. The Labute approximate surface area is 195 Å².